The average molecular weight is 255 g/mol. The molecule has 0 atom stereocenters. The highest BCUT2D eigenvalue weighted by molar-refractivity contribution is 6.06. The van der Waals surface area contributed by atoms with E-state index in [0.717, 1.165) is 41.9 Å². The van der Waals surface area contributed by atoms with E-state index in [1.165, 1.54) is 11.1 Å². The Morgan fingerprint density at radius 2 is 2.16 bits per heavy atom. The highest BCUT2D eigenvalue weighted by Crippen LogP contribution is 2.26. The van der Waals surface area contributed by atoms with E-state index in [4.69, 9.17) is 0 Å². The van der Waals surface area contributed by atoms with Crippen molar-refractivity contribution in [3.05, 3.63) is 46.3 Å². The van der Waals surface area contributed by atoms with Crippen LogP contribution in [0.25, 0.3) is 0 Å². The van der Waals surface area contributed by atoms with Gasteiger partial charge in [-0.3, -0.25) is 9.89 Å². The van der Waals surface area contributed by atoms with Crippen LogP contribution in [0.4, 0.5) is 5.69 Å². The summed E-state index contributed by atoms with van der Waals surface area (Å²) in [6, 6.07) is 5.99. The number of nitrogens with one attached hydrogen (secondary N) is 2. The van der Waals surface area contributed by atoms with Crippen LogP contribution in [0.5, 0.6) is 0 Å². The van der Waals surface area contributed by atoms with Crippen LogP contribution in [0.3, 0.4) is 0 Å². The standard InChI is InChI=1S/C15H17N3O/c1-9-14(10(2)18-17-9)16-15(19)13-8-4-6-11-5-3-7-12(11)13/h4,6,8H,3,5,7H2,1-2H3,(H,16,19)(H,17,18). The minimum absolute atomic E-state index is 0.0358. The normalized spacial score (nSPS) is 13.4. The second-order valence-electron chi connectivity index (χ2n) is 5.06. The van der Waals surface area contributed by atoms with Crippen molar-refractivity contribution in [1.29, 1.82) is 0 Å². The molecule has 2 N–H and O–H groups in total. The van der Waals surface area contributed by atoms with Crippen molar-refractivity contribution < 1.29 is 4.79 Å². The number of hydrogen-bond donors (Lipinski definition) is 2. The van der Waals surface area contributed by atoms with Gasteiger partial charge < -0.3 is 5.32 Å². The number of carbonyl (C=O) groups is 1. The smallest absolute Gasteiger partial charge is 0.256 e. The summed E-state index contributed by atoms with van der Waals surface area (Å²) in [5.41, 5.74) is 5.82. The molecule has 0 fully saturated rings. The minimum atomic E-state index is -0.0358. The molecule has 4 nitrogen and oxygen atoms in total. The molecule has 19 heavy (non-hydrogen) atoms. The number of benzene rings is 1. The van der Waals surface area contributed by atoms with Crippen molar-refractivity contribution in [2.24, 2.45) is 0 Å². The van der Waals surface area contributed by atoms with Gasteiger partial charge in [-0.25, -0.2) is 0 Å². The van der Waals surface area contributed by atoms with Gasteiger partial charge in [0.25, 0.3) is 5.91 Å². The van der Waals surface area contributed by atoms with Crippen molar-refractivity contribution in [3.63, 3.8) is 0 Å². The van der Waals surface area contributed by atoms with Crippen LogP contribution in [0.15, 0.2) is 18.2 Å². The first-order valence-electron chi connectivity index (χ1n) is 6.60. The lowest BCUT2D eigenvalue weighted by Gasteiger charge is -2.09. The zero-order chi connectivity index (χ0) is 13.4. The SMILES string of the molecule is Cc1n[nH]c(C)c1NC(=O)c1cccc2c1CCC2. The summed E-state index contributed by atoms with van der Waals surface area (Å²) in [7, 11) is 0. The lowest BCUT2D eigenvalue weighted by molar-refractivity contribution is 0.102. The monoisotopic (exact) mass is 255 g/mol. The summed E-state index contributed by atoms with van der Waals surface area (Å²) in [6.45, 7) is 3.79. The molecule has 1 aliphatic rings. The van der Waals surface area contributed by atoms with Gasteiger partial charge in [0.1, 0.15) is 0 Å². The van der Waals surface area contributed by atoms with E-state index in [1.807, 2.05) is 26.0 Å². The largest absolute Gasteiger partial charge is 0.319 e. The van der Waals surface area contributed by atoms with E-state index in [0.29, 0.717) is 0 Å². The number of aromatic nitrogens is 2. The summed E-state index contributed by atoms with van der Waals surface area (Å²) < 4.78 is 0. The predicted molar refractivity (Wildman–Crippen MR) is 74.5 cm³/mol. The first-order valence-corrected chi connectivity index (χ1v) is 6.60. The Bertz CT molecular complexity index is 623. The van der Waals surface area contributed by atoms with Gasteiger partial charge in [-0.15, -0.1) is 0 Å². The van der Waals surface area contributed by atoms with Crippen molar-refractivity contribution in [2.45, 2.75) is 33.1 Å². The first kappa shape index (κ1) is 12.0. The molecule has 0 radical (unpaired) electrons. The third-order valence-corrected chi connectivity index (χ3v) is 3.76. The highest BCUT2D eigenvalue weighted by atomic mass is 16.1. The average Bonchev–Trinajstić information content (AvgIpc) is 2.99. The molecule has 2 aromatic rings. The van der Waals surface area contributed by atoms with Gasteiger partial charge in [-0.2, -0.15) is 5.10 Å². The van der Waals surface area contributed by atoms with Gasteiger partial charge in [0.2, 0.25) is 0 Å². The second-order valence-corrected chi connectivity index (χ2v) is 5.06. The lowest BCUT2D eigenvalue weighted by atomic mass is 10.0. The number of aromatic amines is 1. The number of rotatable bonds is 2. The number of amides is 1. The number of hydrogen-bond acceptors (Lipinski definition) is 2. The van der Waals surface area contributed by atoms with E-state index in [-0.39, 0.29) is 5.91 Å². The summed E-state index contributed by atoms with van der Waals surface area (Å²) in [4.78, 5) is 12.4. The van der Waals surface area contributed by atoms with Crippen LogP contribution in [0.2, 0.25) is 0 Å². The van der Waals surface area contributed by atoms with Crippen LogP contribution >= 0.6 is 0 Å². The van der Waals surface area contributed by atoms with Crippen molar-refractivity contribution in [1.82, 2.24) is 10.2 Å². The summed E-state index contributed by atoms with van der Waals surface area (Å²) in [5, 5.41) is 9.95. The van der Waals surface area contributed by atoms with E-state index < -0.39 is 0 Å². The molecule has 98 valence electrons. The number of H-pyrrole nitrogens is 1. The Hall–Kier alpha value is -2.10. The third-order valence-electron chi connectivity index (χ3n) is 3.76. The molecule has 0 spiro atoms. The van der Waals surface area contributed by atoms with E-state index in [1.54, 1.807) is 0 Å². The van der Waals surface area contributed by atoms with E-state index in [2.05, 4.69) is 21.6 Å². The Balaban J connectivity index is 1.92. The van der Waals surface area contributed by atoms with Crippen molar-refractivity contribution in [3.8, 4) is 0 Å². The van der Waals surface area contributed by atoms with Crippen LogP contribution in [-0.4, -0.2) is 16.1 Å². The van der Waals surface area contributed by atoms with Crippen LogP contribution in [0.1, 0.15) is 39.3 Å². The number of aryl methyl sites for hydroxylation is 3. The van der Waals surface area contributed by atoms with Gasteiger partial charge in [-0.05, 0) is 50.3 Å². The zero-order valence-corrected chi connectivity index (χ0v) is 11.2. The zero-order valence-electron chi connectivity index (χ0n) is 11.2. The maximum atomic E-state index is 12.4. The Labute approximate surface area is 112 Å². The van der Waals surface area contributed by atoms with Crippen molar-refractivity contribution >= 4 is 11.6 Å². The predicted octanol–water partition coefficient (Wildman–Crippen LogP) is 2.77. The maximum Gasteiger partial charge on any atom is 0.256 e. The summed E-state index contributed by atoms with van der Waals surface area (Å²) in [5.74, 6) is -0.0358. The fourth-order valence-corrected chi connectivity index (χ4v) is 2.75. The van der Waals surface area contributed by atoms with E-state index >= 15 is 0 Å². The number of nitrogens with zero attached hydrogens (tertiary/aromatic N) is 1. The van der Waals surface area contributed by atoms with Gasteiger partial charge in [0, 0.05) is 5.56 Å². The molecule has 1 aromatic heterocycles. The van der Waals surface area contributed by atoms with E-state index in [9.17, 15) is 4.79 Å². The van der Waals surface area contributed by atoms with Crippen LogP contribution in [0, 0.1) is 13.8 Å². The van der Waals surface area contributed by atoms with Crippen molar-refractivity contribution in [2.75, 3.05) is 5.32 Å². The number of anilines is 1. The molecule has 3 rings (SSSR count). The molecule has 4 heteroatoms. The quantitative estimate of drug-likeness (QED) is 0.867. The topological polar surface area (TPSA) is 57.8 Å². The molecule has 0 saturated heterocycles. The number of fused-ring (bicyclic) bond motifs is 1. The molecule has 1 amide bonds. The Morgan fingerprint density at radius 1 is 1.32 bits per heavy atom. The maximum absolute atomic E-state index is 12.4. The molecule has 0 saturated carbocycles. The molecule has 1 aliphatic carbocycles. The molecule has 0 unspecified atom stereocenters. The molecular weight excluding hydrogens is 238 g/mol. The molecule has 1 aromatic carbocycles. The Morgan fingerprint density at radius 3 is 2.89 bits per heavy atom. The molecule has 0 bridgehead atoms. The molecular formula is C15H17N3O. The Kier molecular flexibility index (Phi) is 2.85. The minimum Gasteiger partial charge on any atom is -0.319 e. The van der Waals surface area contributed by atoms with Crippen LogP contribution < -0.4 is 5.32 Å². The summed E-state index contributed by atoms with van der Waals surface area (Å²) in [6.07, 6.45) is 3.23. The van der Waals surface area contributed by atoms with Gasteiger partial charge >= 0.3 is 0 Å². The second kappa shape index (κ2) is 4.53. The number of carbonyl (C=O) groups excluding carboxylic acids is 1. The molecule has 1 heterocycles. The van der Waals surface area contributed by atoms with Gasteiger partial charge in [0.15, 0.2) is 0 Å². The lowest BCUT2D eigenvalue weighted by Crippen LogP contribution is -2.15. The van der Waals surface area contributed by atoms with Crippen LogP contribution in [-0.2, 0) is 12.8 Å². The highest BCUT2D eigenvalue weighted by Gasteiger charge is 2.20. The van der Waals surface area contributed by atoms with Gasteiger partial charge in [0.05, 0.1) is 17.1 Å². The third kappa shape index (κ3) is 2.03. The fourth-order valence-electron chi connectivity index (χ4n) is 2.75. The van der Waals surface area contributed by atoms with Gasteiger partial charge in [-0.1, -0.05) is 12.1 Å². The molecule has 0 aliphatic heterocycles. The fraction of sp³-hybridized carbons (Fsp3) is 0.333. The summed E-state index contributed by atoms with van der Waals surface area (Å²) >= 11 is 0. The first-order chi connectivity index (χ1) is 9.16.